The number of carbonyl (C=O) groups excluding carboxylic acids is 1. The zero-order chi connectivity index (χ0) is 16.9. The Morgan fingerprint density at radius 1 is 1.21 bits per heavy atom. The summed E-state index contributed by atoms with van der Waals surface area (Å²) in [5, 5.41) is 2.90. The second-order valence-electron chi connectivity index (χ2n) is 6.12. The van der Waals surface area contributed by atoms with E-state index in [1.807, 2.05) is 19.0 Å². The molecule has 2 aliphatic rings. The predicted molar refractivity (Wildman–Crippen MR) is 88.0 cm³/mol. The summed E-state index contributed by atoms with van der Waals surface area (Å²) in [7, 11) is 3.77. The van der Waals surface area contributed by atoms with Crippen LogP contribution in [0.2, 0.25) is 0 Å². The fourth-order valence-corrected chi connectivity index (χ4v) is 2.63. The molecule has 2 saturated heterocycles. The lowest BCUT2D eigenvalue weighted by Crippen LogP contribution is -2.38. The fourth-order valence-electron chi connectivity index (χ4n) is 2.63. The number of hydrogen-bond acceptors (Lipinski definition) is 8. The predicted octanol–water partition coefficient (Wildman–Crippen LogP) is -0.573. The molecule has 0 saturated carbocycles. The van der Waals surface area contributed by atoms with Gasteiger partial charge in [0.25, 0.3) is 0 Å². The molecule has 0 aromatic carbocycles. The van der Waals surface area contributed by atoms with Gasteiger partial charge in [-0.3, -0.25) is 4.79 Å². The van der Waals surface area contributed by atoms with E-state index in [0.29, 0.717) is 44.1 Å². The highest BCUT2D eigenvalue weighted by Crippen LogP contribution is 2.15. The maximum atomic E-state index is 12.1. The zero-order valence-electron chi connectivity index (χ0n) is 14.2. The van der Waals surface area contributed by atoms with E-state index in [4.69, 9.17) is 9.47 Å². The molecule has 9 nitrogen and oxygen atoms in total. The van der Waals surface area contributed by atoms with E-state index in [2.05, 4.69) is 25.2 Å². The molecule has 0 bridgehead atoms. The second-order valence-corrected chi connectivity index (χ2v) is 6.12. The Morgan fingerprint density at radius 2 is 2.00 bits per heavy atom. The summed E-state index contributed by atoms with van der Waals surface area (Å²) in [6.45, 7) is 4.26. The molecule has 132 valence electrons. The standard InChI is InChI=1S/C15H24N6O3/c1-20(2)14-17-12(9-16-13(22)11-3-6-24-10-11)18-15(19-14)21-4-7-23-8-5-21/h11H,3-10H2,1-2H3,(H,16,22)/t11-/m1/s1. The van der Waals surface area contributed by atoms with E-state index in [0.717, 1.165) is 19.5 Å². The van der Waals surface area contributed by atoms with Crippen LogP contribution in [0.25, 0.3) is 0 Å². The van der Waals surface area contributed by atoms with Gasteiger partial charge in [-0.2, -0.15) is 15.0 Å². The highest BCUT2D eigenvalue weighted by Gasteiger charge is 2.24. The molecule has 0 spiro atoms. The molecule has 0 radical (unpaired) electrons. The Morgan fingerprint density at radius 3 is 2.67 bits per heavy atom. The third-order valence-electron chi connectivity index (χ3n) is 4.07. The molecule has 2 fully saturated rings. The van der Waals surface area contributed by atoms with Crippen molar-refractivity contribution in [1.82, 2.24) is 20.3 Å². The van der Waals surface area contributed by atoms with Crippen LogP contribution in [0.15, 0.2) is 0 Å². The molecule has 0 aliphatic carbocycles. The van der Waals surface area contributed by atoms with Gasteiger partial charge in [0.15, 0.2) is 5.82 Å². The molecule has 1 aromatic rings. The van der Waals surface area contributed by atoms with E-state index in [9.17, 15) is 4.79 Å². The van der Waals surface area contributed by atoms with E-state index < -0.39 is 0 Å². The summed E-state index contributed by atoms with van der Waals surface area (Å²) in [5.41, 5.74) is 0. The van der Waals surface area contributed by atoms with Gasteiger partial charge in [0.2, 0.25) is 17.8 Å². The van der Waals surface area contributed by atoms with E-state index in [-0.39, 0.29) is 18.4 Å². The van der Waals surface area contributed by atoms with Crippen LogP contribution in [0.3, 0.4) is 0 Å². The molecule has 0 unspecified atom stereocenters. The number of morpholine rings is 1. The molecule has 9 heteroatoms. The lowest BCUT2D eigenvalue weighted by molar-refractivity contribution is -0.125. The van der Waals surface area contributed by atoms with Crippen molar-refractivity contribution in [2.24, 2.45) is 5.92 Å². The summed E-state index contributed by atoms with van der Waals surface area (Å²) in [5.74, 6) is 1.69. The minimum Gasteiger partial charge on any atom is -0.381 e. The number of nitrogens with zero attached hydrogens (tertiary/aromatic N) is 5. The third kappa shape index (κ3) is 4.09. The second kappa shape index (κ2) is 7.71. The van der Waals surface area contributed by atoms with Crippen LogP contribution >= 0.6 is 0 Å². The van der Waals surface area contributed by atoms with Gasteiger partial charge in [-0.1, -0.05) is 0 Å². The van der Waals surface area contributed by atoms with E-state index in [1.54, 1.807) is 0 Å². The molecule has 1 N–H and O–H groups in total. The quantitative estimate of drug-likeness (QED) is 0.764. The molecule has 2 aliphatic heterocycles. The molecular formula is C15H24N6O3. The maximum Gasteiger partial charge on any atom is 0.230 e. The Hall–Kier alpha value is -2.00. The van der Waals surface area contributed by atoms with Crippen molar-refractivity contribution in [2.45, 2.75) is 13.0 Å². The first-order chi connectivity index (χ1) is 11.6. The molecule has 1 aromatic heterocycles. The minimum atomic E-state index is -0.0705. The van der Waals surface area contributed by atoms with Gasteiger partial charge in [-0.05, 0) is 6.42 Å². The van der Waals surface area contributed by atoms with Crippen molar-refractivity contribution in [1.29, 1.82) is 0 Å². The van der Waals surface area contributed by atoms with Crippen LogP contribution in [0.5, 0.6) is 0 Å². The van der Waals surface area contributed by atoms with Gasteiger partial charge in [0.05, 0.1) is 32.3 Å². The van der Waals surface area contributed by atoms with Crippen LogP contribution in [0.4, 0.5) is 11.9 Å². The average Bonchev–Trinajstić information content (AvgIpc) is 3.15. The van der Waals surface area contributed by atoms with Gasteiger partial charge >= 0.3 is 0 Å². The average molecular weight is 336 g/mol. The SMILES string of the molecule is CN(C)c1nc(CNC(=O)[C@@H]2CCOC2)nc(N2CCOCC2)n1. The normalized spacial score (nSPS) is 20.9. The lowest BCUT2D eigenvalue weighted by Gasteiger charge is -2.27. The van der Waals surface area contributed by atoms with Crippen LogP contribution in [0.1, 0.15) is 12.2 Å². The van der Waals surface area contributed by atoms with Gasteiger partial charge in [-0.15, -0.1) is 0 Å². The van der Waals surface area contributed by atoms with Gasteiger partial charge in [0.1, 0.15) is 0 Å². The first kappa shape index (κ1) is 16.8. The highest BCUT2D eigenvalue weighted by molar-refractivity contribution is 5.78. The fraction of sp³-hybridized carbons (Fsp3) is 0.733. The van der Waals surface area contributed by atoms with Crippen molar-refractivity contribution in [3.63, 3.8) is 0 Å². The highest BCUT2D eigenvalue weighted by atomic mass is 16.5. The number of nitrogens with one attached hydrogen (secondary N) is 1. The summed E-state index contributed by atoms with van der Waals surface area (Å²) in [6, 6.07) is 0. The topological polar surface area (TPSA) is 92.7 Å². The number of anilines is 2. The van der Waals surface area contributed by atoms with Crippen molar-refractivity contribution in [2.75, 3.05) is 63.4 Å². The van der Waals surface area contributed by atoms with Crippen molar-refractivity contribution in [3.8, 4) is 0 Å². The van der Waals surface area contributed by atoms with Crippen molar-refractivity contribution < 1.29 is 14.3 Å². The third-order valence-corrected chi connectivity index (χ3v) is 4.07. The van der Waals surface area contributed by atoms with Crippen LogP contribution in [-0.2, 0) is 20.8 Å². The lowest BCUT2D eigenvalue weighted by atomic mass is 10.1. The summed E-state index contributed by atoms with van der Waals surface area (Å²) < 4.78 is 10.6. The maximum absolute atomic E-state index is 12.1. The number of amides is 1. The summed E-state index contributed by atoms with van der Waals surface area (Å²) in [4.78, 5) is 29.5. The van der Waals surface area contributed by atoms with Crippen LogP contribution in [-0.4, -0.2) is 74.5 Å². The number of aromatic nitrogens is 3. The van der Waals surface area contributed by atoms with E-state index in [1.165, 1.54) is 0 Å². The Kier molecular flexibility index (Phi) is 5.41. The smallest absolute Gasteiger partial charge is 0.230 e. The number of hydrogen-bond donors (Lipinski definition) is 1. The summed E-state index contributed by atoms with van der Waals surface area (Å²) >= 11 is 0. The van der Waals surface area contributed by atoms with Gasteiger partial charge in [0, 0.05) is 33.8 Å². The summed E-state index contributed by atoms with van der Waals surface area (Å²) in [6.07, 6.45) is 0.769. The van der Waals surface area contributed by atoms with Crippen molar-refractivity contribution >= 4 is 17.8 Å². The first-order valence-corrected chi connectivity index (χ1v) is 8.24. The first-order valence-electron chi connectivity index (χ1n) is 8.24. The van der Waals surface area contributed by atoms with E-state index >= 15 is 0 Å². The molecule has 1 atom stereocenters. The molecule has 3 rings (SSSR count). The Balaban J connectivity index is 1.70. The minimum absolute atomic E-state index is 0.00719. The largest absolute Gasteiger partial charge is 0.381 e. The molecule has 3 heterocycles. The molecule has 1 amide bonds. The van der Waals surface area contributed by atoms with Gasteiger partial charge < -0.3 is 24.6 Å². The number of ether oxygens (including phenoxy) is 2. The Labute approximate surface area is 141 Å². The monoisotopic (exact) mass is 336 g/mol. The molecular weight excluding hydrogens is 312 g/mol. The number of carbonyl (C=O) groups is 1. The molecule has 24 heavy (non-hydrogen) atoms. The van der Waals surface area contributed by atoms with Crippen LogP contribution in [0, 0.1) is 5.92 Å². The van der Waals surface area contributed by atoms with Crippen LogP contribution < -0.4 is 15.1 Å². The number of rotatable bonds is 5. The Bertz CT molecular complexity index is 570. The van der Waals surface area contributed by atoms with Crippen molar-refractivity contribution in [3.05, 3.63) is 5.82 Å². The van der Waals surface area contributed by atoms with Gasteiger partial charge in [-0.25, -0.2) is 0 Å². The zero-order valence-corrected chi connectivity index (χ0v) is 14.2.